The van der Waals surface area contributed by atoms with Crippen LogP contribution in [0.1, 0.15) is 20.8 Å². The minimum atomic E-state index is -3.78. The van der Waals surface area contributed by atoms with Crippen molar-refractivity contribution >= 4 is 60.3 Å². The number of carboxylic acid groups (broad SMARTS) is 1. The van der Waals surface area contributed by atoms with Crippen molar-refractivity contribution in [3.63, 3.8) is 0 Å². The van der Waals surface area contributed by atoms with Gasteiger partial charge in [-0.25, -0.2) is 13.2 Å². The van der Waals surface area contributed by atoms with Crippen LogP contribution in [0.25, 0.3) is 0 Å². The smallest absolute Gasteiger partial charge is 0.348 e. The number of carboxylic acids is 1. The van der Waals surface area contributed by atoms with Crippen LogP contribution in [0, 0.1) is 13.8 Å². The van der Waals surface area contributed by atoms with Crippen molar-refractivity contribution in [2.24, 2.45) is 0 Å². The molecule has 0 aliphatic carbocycles. The van der Waals surface area contributed by atoms with E-state index in [-0.39, 0.29) is 14.8 Å². The van der Waals surface area contributed by atoms with E-state index in [2.05, 4.69) is 20.7 Å². The fourth-order valence-electron chi connectivity index (χ4n) is 1.48. The normalized spacial score (nSPS) is 11.6. The molecule has 0 fully saturated rings. The molecule has 2 rings (SSSR count). The first kappa shape index (κ1) is 15.5. The summed E-state index contributed by atoms with van der Waals surface area (Å²) in [4.78, 5) is 11.1. The second kappa shape index (κ2) is 5.47. The number of rotatable bonds is 4. The monoisotopic (exact) mass is 395 g/mol. The van der Waals surface area contributed by atoms with Crippen LogP contribution >= 0.6 is 38.6 Å². The number of aryl methyl sites for hydroxylation is 2. The van der Waals surface area contributed by atoms with Crippen LogP contribution in [-0.4, -0.2) is 19.5 Å². The molecule has 2 aromatic heterocycles. The standard InChI is InChI=1S/C11H10BrNO4S3/c1-5-3-7(19-10(5)12)20(16,17)13-8-6(2)4-18-9(8)11(14)15/h3-4,13H,1-2H3,(H,14,15). The zero-order valence-electron chi connectivity index (χ0n) is 10.4. The molecule has 2 heterocycles. The van der Waals surface area contributed by atoms with E-state index in [1.54, 1.807) is 25.3 Å². The van der Waals surface area contributed by atoms with Gasteiger partial charge in [-0.05, 0) is 52.4 Å². The molecule has 0 saturated heterocycles. The summed E-state index contributed by atoms with van der Waals surface area (Å²) in [6, 6.07) is 1.54. The largest absolute Gasteiger partial charge is 0.477 e. The Bertz CT molecular complexity index is 756. The molecule has 0 aliphatic heterocycles. The van der Waals surface area contributed by atoms with E-state index in [1.165, 1.54) is 0 Å². The van der Waals surface area contributed by atoms with E-state index >= 15 is 0 Å². The number of hydrogen-bond donors (Lipinski definition) is 2. The van der Waals surface area contributed by atoms with E-state index in [4.69, 9.17) is 5.11 Å². The molecule has 0 unspecified atom stereocenters. The van der Waals surface area contributed by atoms with E-state index in [1.807, 2.05) is 0 Å². The molecule has 0 radical (unpaired) electrons. The van der Waals surface area contributed by atoms with Crippen molar-refractivity contribution in [3.05, 3.63) is 31.2 Å². The van der Waals surface area contributed by atoms with Gasteiger partial charge in [0, 0.05) is 0 Å². The number of carbonyl (C=O) groups is 1. The Labute approximate surface area is 132 Å². The Hall–Kier alpha value is -0.900. The third-order valence-corrected chi connectivity index (χ3v) is 7.55. The number of anilines is 1. The molecule has 2 N–H and O–H groups in total. The van der Waals surface area contributed by atoms with Crippen LogP contribution in [0.2, 0.25) is 0 Å². The number of aromatic carboxylic acids is 1. The van der Waals surface area contributed by atoms with Gasteiger partial charge in [0.1, 0.15) is 9.09 Å². The number of sulfonamides is 1. The van der Waals surface area contributed by atoms with Gasteiger partial charge in [-0.2, -0.15) is 0 Å². The lowest BCUT2D eigenvalue weighted by Gasteiger charge is -2.07. The van der Waals surface area contributed by atoms with Gasteiger partial charge in [0.25, 0.3) is 10.0 Å². The third-order valence-electron chi connectivity index (χ3n) is 2.51. The van der Waals surface area contributed by atoms with Gasteiger partial charge in [0.05, 0.1) is 9.47 Å². The minimum Gasteiger partial charge on any atom is -0.477 e. The van der Waals surface area contributed by atoms with Crippen molar-refractivity contribution in [1.29, 1.82) is 0 Å². The van der Waals surface area contributed by atoms with Gasteiger partial charge in [-0.3, -0.25) is 4.72 Å². The molecule has 0 aromatic carbocycles. The highest BCUT2D eigenvalue weighted by Gasteiger charge is 2.23. The molecule has 0 amide bonds. The van der Waals surface area contributed by atoms with Crippen molar-refractivity contribution < 1.29 is 18.3 Å². The molecule has 20 heavy (non-hydrogen) atoms. The van der Waals surface area contributed by atoms with E-state index in [0.717, 1.165) is 32.0 Å². The molecular weight excluding hydrogens is 386 g/mol. The average Bonchev–Trinajstić information content (AvgIpc) is 2.85. The number of halogens is 1. The van der Waals surface area contributed by atoms with Crippen molar-refractivity contribution in [1.82, 2.24) is 0 Å². The predicted octanol–water partition coefficient (Wildman–Crippen LogP) is 3.69. The highest BCUT2D eigenvalue weighted by atomic mass is 79.9. The maximum atomic E-state index is 12.3. The molecule has 9 heteroatoms. The molecule has 108 valence electrons. The lowest BCUT2D eigenvalue weighted by atomic mass is 10.3. The van der Waals surface area contributed by atoms with Gasteiger partial charge in [0.15, 0.2) is 0 Å². The Kier molecular flexibility index (Phi) is 4.24. The summed E-state index contributed by atoms with van der Waals surface area (Å²) in [7, 11) is -3.78. The van der Waals surface area contributed by atoms with E-state index in [0.29, 0.717) is 5.56 Å². The third kappa shape index (κ3) is 2.90. The lowest BCUT2D eigenvalue weighted by molar-refractivity contribution is 0.0703. The lowest BCUT2D eigenvalue weighted by Crippen LogP contribution is -2.13. The Morgan fingerprint density at radius 3 is 2.50 bits per heavy atom. The topological polar surface area (TPSA) is 83.5 Å². The van der Waals surface area contributed by atoms with Crippen molar-refractivity contribution in [2.75, 3.05) is 4.72 Å². The summed E-state index contributed by atoms with van der Waals surface area (Å²) >= 11 is 5.35. The highest BCUT2D eigenvalue weighted by molar-refractivity contribution is 9.11. The quantitative estimate of drug-likeness (QED) is 0.826. The first-order chi connectivity index (χ1) is 9.22. The molecule has 0 saturated carbocycles. The van der Waals surface area contributed by atoms with Crippen LogP contribution < -0.4 is 4.72 Å². The molecule has 0 aliphatic rings. The molecule has 5 nitrogen and oxygen atoms in total. The van der Waals surface area contributed by atoms with Gasteiger partial charge in [-0.15, -0.1) is 22.7 Å². The van der Waals surface area contributed by atoms with Crippen LogP contribution in [0.15, 0.2) is 19.4 Å². The first-order valence-electron chi connectivity index (χ1n) is 5.32. The Morgan fingerprint density at radius 2 is 2.00 bits per heavy atom. The fourth-order valence-corrected chi connectivity index (χ4v) is 5.75. The second-order valence-corrected chi connectivity index (χ2v) is 9.21. The van der Waals surface area contributed by atoms with Gasteiger partial charge in [-0.1, -0.05) is 0 Å². The average molecular weight is 396 g/mol. The number of nitrogens with one attached hydrogen (secondary N) is 1. The Balaban J connectivity index is 2.43. The maximum absolute atomic E-state index is 12.3. The predicted molar refractivity (Wildman–Crippen MR) is 83.6 cm³/mol. The van der Waals surface area contributed by atoms with E-state index < -0.39 is 16.0 Å². The zero-order chi connectivity index (χ0) is 15.1. The maximum Gasteiger partial charge on any atom is 0.348 e. The van der Waals surface area contributed by atoms with Crippen LogP contribution in [0.4, 0.5) is 5.69 Å². The fraction of sp³-hybridized carbons (Fsp3) is 0.182. The number of hydrogen-bond acceptors (Lipinski definition) is 5. The van der Waals surface area contributed by atoms with Gasteiger partial charge >= 0.3 is 5.97 Å². The first-order valence-corrected chi connectivity index (χ1v) is 9.29. The van der Waals surface area contributed by atoms with Crippen LogP contribution in [0.5, 0.6) is 0 Å². The van der Waals surface area contributed by atoms with Gasteiger partial charge < -0.3 is 5.11 Å². The molecule has 0 spiro atoms. The summed E-state index contributed by atoms with van der Waals surface area (Å²) in [6.07, 6.45) is 0. The number of thiophene rings is 2. The van der Waals surface area contributed by atoms with Gasteiger partial charge in [0.2, 0.25) is 0 Å². The molecule has 0 atom stereocenters. The van der Waals surface area contributed by atoms with Crippen LogP contribution in [-0.2, 0) is 10.0 Å². The highest BCUT2D eigenvalue weighted by Crippen LogP contribution is 2.34. The molecule has 0 bridgehead atoms. The summed E-state index contributed by atoms with van der Waals surface area (Å²) in [6.45, 7) is 3.45. The Morgan fingerprint density at radius 1 is 1.35 bits per heavy atom. The summed E-state index contributed by atoms with van der Waals surface area (Å²) < 4.78 is 27.8. The molecular formula is C11H10BrNO4S3. The SMILES string of the molecule is Cc1cc(S(=O)(=O)Nc2c(C)csc2C(=O)O)sc1Br. The second-order valence-electron chi connectivity index (χ2n) is 4.06. The minimum absolute atomic E-state index is 0.0154. The summed E-state index contributed by atoms with van der Waals surface area (Å²) in [5.41, 5.74) is 1.53. The molecule has 2 aromatic rings. The van der Waals surface area contributed by atoms with E-state index in [9.17, 15) is 13.2 Å². The van der Waals surface area contributed by atoms with Crippen molar-refractivity contribution in [2.45, 2.75) is 18.1 Å². The van der Waals surface area contributed by atoms with Crippen LogP contribution in [0.3, 0.4) is 0 Å². The van der Waals surface area contributed by atoms with Crippen molar-refractivity contribution in [3.8, 4) is 0 Å². The summed E-state index contributed by atoms with van der Waals surface area (Å²) in [5.74, 6) is -1.15. The zero-order valence-corrected chi connectivity index (χ0v) is 14.5. The summed E-state index contributed by atoms with van der Waals surface area (Å²) in [5, 5.41) is 10.7.